The number of aliphatic hydroxyl groups excluding tert-OH is 2. The van der Waals surface area contributed by atoms with Crippen molar-refractivity contribution in [1.29, 1.82) is 0 Å². The molecule has 4 heteroatoms. The quantitative estimate of drug-likeness (QED) is 0.523. The van der Waals surface area contributed by atoms with Crippen LogP contribution in [-0.4, -0.2) is 35.4 Å². The highest BCUT2D eigenvalue weighted by atomic mass is 16.3. The van der Waals surface area contributed by atoms with E-state index in [0.29, 0.717) is 13.0 Å². The molecule has 0 radical (unpaired) electrons. The maximum absolute atomic E-state index is 10.9. The van der Waals surface area contributed by atoms with E-state index < -0.39 is 6.10 Å². The van der Waals surface area contributed by atoms with Crippen molar-refractivity contribution >= 4 is 5.91 Å². The van der Waals surface area contributed by atoms with Crippen LogP contribution in [0, 0.1) is 5.92 Å². The molecule has 0 aromatic heterocycles. The van der Waals surface area contributed by atoms with Crippen LogP contribution in [0.4, 0.5) is 0 Å². The van der Waals surface area contributed by atoms with E-state index in [4.69, 9.17) is 5.11 Å². The first-order chi connectivity index (χ1) is 7.15. The summed E-state index contributed by atoms with van der Waals surface area (Å²) in [7, 11) is 0. The predicted molar refractivity (Wildman–Crippen MR) is 59.4 cm³/mol. The van der Waals surface area contributed by atoms with Gasteiger partial charge in [0.15, 0.2) is 0 Å². The van der Waals surface area contributed by atoms with Crippen LogP contribution < -0.4 is 5.32 Å². The second-order valence-corrected chi connectivity index (χ2v) is 3.76. The third-order valence-electron chi connectivity index (χ3n) is 2.65. The van der Waals surface area contributed by atoms with Gasteiger partial charge < -0.3 is 15.5 Å². The normalized spacial score (nSPS) is 14.7. The van der Waals surface area contributed by atoms with Gasteiger partial charge in [0.1, 0.15) is 0 Å². The molecule has 4 nitrogen and oxygen atoms in total. The minimum absolute atomic E-state index is 0.0609. The van der Waals surface area contributed by atoms with E-state index in [0.717, 1.165) is 19.3 Å². The highest BCUT2D eigenvalue weighted by molar-refractivity contribution is 5.75. The Morgan fingerprint density at radius 3 is 2.53 bits per heavy atom. The monoisotopic (exact) mass is 217 g/mol. The van der Waals surface area contributed by atoms with Gasteiger partial charge in [-0.3, -0.25) is 4.79 Å². The molecule has 0 heterocycles. The van der Waals surface area contributed by atoms with E-state index in [2.05, 4.69) is 5.32 Å². The van der Waals surface area contributed by atoms with Crippen molar-refractivity contribution in [1.82, 2.24) is 5.32 Å². The van der Waals surface area contributed by atoms with Crippen molar-refractivity contribution in [2.24, 2.45) is 5.92 Å². The zero-order chi connectivity index (χ0) is 11.7. The summed E-state index contributed by atoms with van der Waals surface area (Å²) in [6, 6.07) is 0. The second kappa shape index (κ2) is 8.68. The fourth-order valence-electron chi connectivity index (χ4n) is 1.53. The molecule has 3 N–H and O–H groups in total. The van der Waals surface area contributed by atoms with Gasteiger partial charge in [0.2, 0.25) is 5.91 Å². The molecule has 15 heavy (non-hydrogen) atoms. The summed E-state index contributed by atoms with van der Waals surface area (Å²) < 4.78 is 0. The Kier molecular flexibility index (Phi) is 8.33. The summed E-state index contributed by atoms with van der Waals surface area (Å²) in [6.07, 6.45) is 2.42. The zero-order valence-electron chi connectivity index (χ0n) is 9.70. The number of hydrogen-bond donors (Lipinski definition) is 3. The molecule has 0 aliphatic carbocycles. The molecule has 1 amide bonds. The van der Waals surface area contributed by atoms with Gasteiger partial charge in [-0.15, -0.1) is 0 Å². The minimum atomic E-state index is -0.628. The fraction of sp³-hybridized carbons (Fsp3) is 0.909. The zero-order valence-corrected chi connectivity index (χ0v) is 9.70. The fourth-order valence-corrected chi connectivity index (χ4v) is 1.53. The van der Waals surface area contributed by atoms with Crippen LogP contribution in [-0.2, 0) is 4.79 Å². The van der Waals surface area contributed by atoms with Crippen molar-refractivity contribution < 1.29 is 15.0 Å². The Hall–Kier alpha value is -0.610. The van der Waals surface area contributed by atoms with Crippen molar-refractivity contribution in [2.45, 2.75) is 45.6 Å². The SMILES string of the molecule is CCC(=O)NCCCC(CC)C(O)CO. The van der Waals surface area contributed by atoms with Crippen LogP contribution >= 0.6 is 0 Å². The lowest BCUT2D eigenvalue weighted by Crippen LogP contribution is -2.27. The molecule has 0 aliphatic rings. The highest BCUT2D eigenvalue weighted by Crippen LogP contribution is 2.14. The molecule has 0 fully saturated rings. The molecule has 0 bridgehead atoms. The number of amides is 1. The molecule has 2 atom stereocenters. The number of rotatable bonds is 8. The van der Waals surface area contributed by atoms with Gasteiger partial charge in [-0.05, 0) is 18.8 Å². The Bertz CT molecular complexity index is 173. The molecular weight excluding hydrogens is 194 g/mol. The molecule has 0 saturated carbocycles. The van der Waals surface area contributed by atoms with E-state index >= 15 is 0 Å². The van der Waals surface area contributed by atoms with Crippen LogP contribution in [0.15, 0.2) is 0 Å². The van der Waals surface area contributed by atoms with E-state index in [1.54, 1.807) is 0 Å². The number of carbonyl (C=O) groups excluding carboxylic acids is 1. The lowest BCUT2D eigenvalue weighted by atomic mass is 9.94. The first kappa shape index (κ1) is 14.4. The standard InChI is InChI=1S/C11H23NO3/c1-3-9(10(14)8-13)6-5-7-12-11(15)4-2/h9-10,13-14H,3-8H2,1-2H3,(H,12,15). The van der Waals surface area contributed by atoms with Crippen LogP contribution in [0.2, 0.25) is 0 Å². The summed E-state index contributed by atoms with van der Waals surface area (Å²) in [4.78, 5) is 10.9. The molecular formula is C11H23NO3. The number of nitrogens with one attached hydrogen (secondary N) is 1. The number of hydrogen-bond acceptors (Lipinski definition) is 3. The van der Waals surface area contributed by atoms with E-state index in [9.17, 15) is 9.90 Å². The van der Waals surface area contributed by atoms with Crippen molar-refractivity contribution in [3.8, 4) is 0 Å². The lowest BCUT2D eigenvalue weighted by Gasteiger charge is -2.19. The number of aliphatic hydroxyl groups is 2. The van der Waals surface area contributed by atoms with Gasteiger partial charge in [-0.1, -0.05) is 20.3 Å². The van der Waals surface area contributed by atoms with Crippen molar-refractivity contribution in [2.75, 3.05) is 13.2 Å². The summed E-state index contributed by atoms with van der Waals surface area (Å²) >= 11 is 0. The lowest BCUT2D eigenvalue weighted by molar-refractivity contribution is -0.120. The van der Waals surface area contributed by atoms with Crippen LogP contribution in [0.3, 0.4) is 0 Å². The Morgan fingerprint density at radius 2 is 2.07 bits per heavy atom. The second-order valence-electron chi connectivity index (χ2n) is 3.76. The van der Waals surface area contributed by atoms with E-state index in [1.807, 2.05) is 13.8 Å². The summed E-state index contributed by atoms with van der Waals surface area (Å²) in [5, 5.41) is 21.0. The van der Waals surface area contributed by atoms with E-state index in [1.165, 1.54) is 0 Å². The minimum Gasteiger partial charge on any atom is -0.394 e. The molecule has 0 aliphatic heterocycles. The number of carbonyl (C=O) groups is 1. The summed E-state index contributed by atoms with van der Waals surface area (Å²) in [6.45, 7) is 4.29. The molecule has 90 valence electrons. The Balaban J connectivity index is 3.59. The van der Waals surface area contributed by atoms with Gasteiger partial charge in [-0.25, -0.2) is 0 Å². The first-order valence-corrected chi connectivity index (χ1v) is 5.71. The van der Waals surface area contributed by atoms with Gasteiger partial charge in [0.05, 0.1) is 12.7 Å². The molecule has 0 aromatic carbocycles. The van der Waals surface area contributed by atoms with Gasteiger partial charge in [-0.2, -0.15) is 0 Å². The maximum atomic E-state index is 10.9. The van der Waals surface area contributed by atoms with Crippen LogP contribution in [0.25, 0.3) is 0 Å². The largest absolute Gasteiger partial charge is 0.394 e. The Labute approximate surface area is 91.7 Å². The molecule has 0 spiro atoms. The average Bonchev–Trinajstić information content (AvgIpc) is 2.27. The molecule has 0 aromatic rings. The van der Waals surface area contributed by atoms with Gasteiger partial charge in [0, 0.05) is 13.0 Å². The smallest absolute Gasteiger partial charge is 0.219 e. The van der Waals surface area contributed by atoms with Crippen LogP contribution in [0.5, 0.6) is 0 Å². The van der Waals surface area contributed by atoms with Crippen molar-refractivity contribution in [3.63, 3.8) is 0 Å². The maximum Gasteiger partial charge on any atom is 0.219 e. The first-order valence-electron chi connectivity index (χ1n) is 5.71. The molecule has 0 rings (SSSR count). The molecule has 2 unspecified atom stereocenters. The average molecular weight is 217 g/mol. The van der Waals surface area contributed by atoms with Gasteiger partial charge >= 0.3 is 0 Å². The van der Waals surface area contributed by atoms with Crippen LogP contribution in [0.1, 0.15) is 39.5 Å². The van der Waals surface area contributed by atoms with Gasteiger partial charge in [0.25, 0.3) is 0 Å². The predicted octanol–water partition coefficient (Wildman–Crippen LogP) is 0.672. The third-order valence-corrected chi connectivity index (χ3v) is 2.65. The Morgan fingerprint density at radius 1 is 1.40 bits per heavy atom. The third kappa shape index (κ3) is 6.47. The highest BCUT2D eigenvalue weighted by Gasteiger charge is 2.15. The molecule has 0 saturated heterocycles. The van der Waals surface area contributed by atoms with Crippen molar-refractivity contribution in [3.05, 3.63) is 0 Å². The van der Waals surface area contributed by atoms with E-state index in [-0.39, 0.29) is 18.4 Å². The summed E-state index contributed by atoms with van der Waals surface area (Å²) in [5.74, 6) is 0.194. The topological polar surface area (TPSA) is 69.6 Å². The summed E-state index contributed by atoms with van der Waals surface area (Å²) in [5.41, 5.74) is 0.